The largest absolute Gasteiger partial charge is 0.382 e. The molecule has 0 aromatic carbocycles. The molecule has 7 heteroatoms. The van der Waals surface area contributed by atoms with Gasteiger partial charge in [0.05, 0.1) is 0 Å². The molecule has 1 amide bonds. The SMILES string of the molecule is CN1CCN(C)C(CNC(=O)c2cc(N)n[nH]2)C1. The van der Waals surface area contributed by atoms with Crippen LogP contribution in [-0.4, -0.2) is 72.2 Å². The second kappa shape index (κ2) is 5.36. The van der Waals surface area contributed by atoms with Crippen LogP contribution in [0.1, 0.15) is 10.5 Å². The molecule has 1 saturated heterocycles. The van der Waals surface area contributed by atoms with Crippen molar-refractivity contribution in [2.75, 3.05) is 46.0 Å². The predicted molar refractivity (Wildman–Crippen MR) is 69.2 cm³/mol. The zero-order chi connectivity index (χ0) is 13.1. The molecule has 7 nitrogen and oxygen atoms in total. The van der Waals surface area contributed by atoms with E-state index in [0.717, 1.165) is 19.6 Å². The van der Waals surface area contributed by atoms with Crippen LogP contribution in [0.4, 0.5) is 5.82 Å². The molecule has 1 aliphatic heterocycles. The van der Waals surface area contributed by atoms with Crippen LogP contribution in [-0.2, 0) is 0 Å². The van der Waals surface area contributed by atoms with Gasteiger partial charge in [-0.3, -0.25) is 14.8 Å². The van der Waals surface area contributed by atoms with Crippen molar-refractivity contribution in [2.24, 2.45) is 0 Å². The highest BCUT2D eigenvalue weighted by atomic mass is 16.1. The number of hydrogen-bond donors (Lipinski definition) is 3. The summed E-state index contributed by atoms with van der Waals surface area (Å²) in [6.07, 6.45) is 0. The zero-order valence-corrected chi connectivity index (χ0v) is 10.8. The van der Waals surface area contributed by atoms with Gasteiger partial charge in [-0.25, -0.2) is 0 Å². The highest BCUT2D eigenvalue weighted by molar-refractivity contribution is 5.92. The van der Waals surface area contributed by atoms with E-state index in [1.807, 2.05) is 0 Å². The van der Waals surface area contributed by atoms with E-state index in [1.54, 1.807) is 0 Å². The lowest BCUT2D eigenvalue weighted by molar-refractivity contribution is 0.0877. The van der Waals surface area contributed by atoms with Crippen molar-refractivity contribution in [1.82, 2.24) is 25.3 Å². The first-order valence-electron chi connectivity index (χ1n) is 6.04. The van der Waals surface area contributed by atoms with Crippen LogP contribution in [0.3, 0.4) is 0 Å². The van der Waals surface area contributed by atoms with E-state index in [0.29, 0.717) is 24.1 Å². The molecule has 4 N–H and O–H groups in total. The van der Waals surface area contributed by atoms with E-state index in [9.17, 15) is 4.79 Å². The lowest BCUT2D eigenvalue weighted by Gasteiger charge is -2.37. The average molecular weight is 252 g/mol. The van der Waals surface area contributed by atoms with Gasteiger partial charge in [-0.05, 0) is 14.1 Å². The molecule has 2 rings (SSSR count). The highest BCUT2D eigenvalue weighted by Crippen LogP contribution is 2.05. The van der Waals surface area contributed by atoms with Crippen molar-refractivity contribution < 1.29 is 4.79 Å². The number of amides is 1. The number of nitrogens with zero attached hydrogens (tertiary/aromatic N) is 3. The van der Waals surface area contributed by atoms with Crippen molar-refractivity contribution in [2.45, 2.75) is 6.04 Å². The third-order valence-corrected chi connectivity index (χ3v) is 3.32. The van der Waals surface area contributed by atoms with Gasteiger partial charge in [0.15, 0.2) is 0 Å². The summed E-state index contributed by atoms with van der Waals surface area (Å²) in [5.41, 5.74) is 5.86. The van der Waals surface area contributed by atoms with Crippen molar-refractivity contribution in [1.29, 1.82) is 0 Å². The Morgan fingerprint density at radius 2 is 2.39 bits per heavy atom. The average Bonchev–Trinajstić information content (AvgIpc) is 2.77. The normalized spacial score (nSPS) is 22.0. The number of nitrogens with one attached hydrogen (secondary N) is 2. The van der Waals surface area contributed by atoms with Crippen LogP contribution in [0.25, 0.3) is 0 Å². The third-order valence-electron chi connectivity index (χ3n) is 3.32. The molecule has 1 aromatic heterocycles. The molecule has 1 fully saturated rings. The monoisotopic (exact) mass is 252 g/mol. The number of carbonyl (C=O) groups excluding carboxylic acids is 1. The molecule has 0 radical (unpaired) electrons. The zero-order valence-electron chi connectivity index (χ0n) is 10.8. The summed E-state index contributed by atoms with van der Waals surface area (Å²) in [6, 6.07) is 1.87. The third kappa shape index (κ3) is 2.99. The van der Waals surface area contributed by atoms with Gasteiger partial charge in [-0.15, -0.1) is 0 Å². The van der Waals surface area contributed by atoms with Gasteiger partial charge < -0.3 is 16.0 Å². The number of aromatic nitrogens is 2. The second-order valence-electron chi connectivity index (χ2n) is 4.81. The Hall–Kier alpha value is -1.60. The van der Waals surface area contributed by atoms with Gasteiger partial charge in [0.2, 0.25) is 0 Å². The van der Waals surface area contributed by atoms with Crippen LogP contribution in [0.15, 0.2) is 6.07 Å². The van der Waals surface area contributed by atoms with Crippen molar-refractivity contribution in [3.8, 4) is 0 Å². The van der Waals surface area contributed by atoms with E-state index in [-0.39, 0.29) is 5.91 Å². The summed E-state index contributed by atoms with van der Waals surface area (Å²) in [5.74, 6) is 0.162. The number of hydrogen-bond acceptors (Lipinski definition) is 5. The van der Waals surface area contributed by atoms with Crippen molar-refractivity contribution in [3.05, 3.63) is 11.8 Å². The fourth-order valence-corrected chi connectivity index (χ4v) is 2.08. The summed E-state index contributed by atoms with van der Waals surface area (Å²) in [7, 11) is 4.18. The second-order valence-corrected chi connectivity index (χ2v) is 4.81. The topological polar surface area (TPSA) is 90.3 Å². The highest BCUT2D eigenvalue weighted by Gasteiger charge is 2.22. The maximum atomic E-state index is 11.8. The maximum Gasteiger partial charge on any atom is 0.269 e. The summed E-state index contributed by atoms with van der Waals surface area (Å²) in [5, 5.41) is 9.23. The van der Waals surface area contributed by atoms with Crippen LogP contribution in [0.5, 0.6) is 0 Å². The van der Waals surface area contributed by atoms with E-state index in [2.05, 4.69) is 39.4 Å². The minimum absolute atomic E-state index is 0.166. The lowest BCUT2D eigenvalue weighted by atomic mass is 10.2. The van der Waals surface area contributed by atoms with Gasteiger partial charge in [0.1, 0.15) is 11.5 Å². The molecule has 0 aliphatic carbocycles. The summed E-state index contributed by atoms with van der Waals surface area (Å²) in [4.78, 5) is 16.4. The van der Waals surface area contributed by atoms with Crippen molar-refractivity contribution in [3.63, 3.8) is 0 Å². The summed E-state index contributed by atoms with van der Waals surface area (Å²) < 4.78 is 0. The first kappa shape index (κ1) is 12.8. The molecular formula is C11H20N6O. The molecule has 18 heavy (non-hydrogen) atoms. The molecule has 1 aromatic rings. The van der Waals surface area contributed by atoms with E-state index in [4.69, 9.17) is 5.73 Å². The number of rotatable bonds is 3. The van der Waals surface area contributed by atoms with Crippen LogP contribution in [0, 0.1) is 0 Å². The van der Waals surface area contributed by atoms with Gasteiger partial charge in [0, 0.05) is 38.3 Å². The molecule has 100 valence electrons. The molecular weight excluding hydrogens is 232 g/mol. The lowest BCUT2D eigenvalue weighted by Crippen LogP contribution is -2.54. The first-order valence-corrected chi connectivity index (χ1v) is 6.04. The van der Waals surface area contributed by atoms with E-state index in [1.165, 1.54) is 6.07 Å². The molecule has 2 heterocycles. The Bertz CT molecular complexity index is 417. The van der Waals surface area contributed by atoms with Crippen LogP contribution < -0.4 is 11.1 Å². The Labute approximate surface area is 106 Å². The Kier molecular flexibility index (Phi) is 3.83. The number of anilines is 1. The Morgan fingerprint density at radius 3 is 3.06 bits per heavy atom. The van der Waals surface area contributed by atoms with Gasteiger partial charge >= 0.3 is 0 Å². The van der Waals surface area contributed by atoms with E-state index < -0.39 is 0 Å². The Morgan fingerprint density at radius 1 is 1.61 bits per heavy atom. The van der Waals surface area contributed by atoms with Crippen LogP contribution in [0.2, 0.25) is 0 Å². The van der Waals surface area contributed by atoms with E-state index >= 15 is 0 Å². The molecule has 0 bridgehead atoms. The summed E-state index contributed by atoms with van der Waals surface area (Å²) >= 11 is 0. The Balaban J connectivity index is 1.85. The number of piperazine rings is 1. The number of aromatic amines is 1. The first-order chi connectivity index (χ1) is 8.56. The van der Waals surface area contributed by atoms with Crippen molar-refractivity contribution >= 4 is 11.7 Å². The number of H-pyrrole nitrogens is 1. The maximum absolute atomic E-state index is 11.8. The smallest absolute Gasteiger partial charge is 0.269 e. The summed E-state index contributed by atoms with van der Waals surface area (Å²) in [6.45, 7) is 3.67. The molecule has 1 unspecified atom stereocenters. The predicted octanol–water partition coefficient (Wildman–Crippen LogP) is -1.03. The number of nitrogens with two attached hydrogens (primary N) is 1. The van der Waals surface area contributed by atoms with Gasteiger partial charge in [0.25, 0.3) is 5.91 Å². The number of likely N-dealkylation sites (N-methyl/N-ethyl adjacent to an activating group) is 2. The fourth-order valence-electron chi connectivity index (χ4n) is 2.08. The minimum Gasteiger partial charge on any atom is -0.382 e. The van der Waals surface area contributed by atoms with Gasteiger partial charge in [-0.1, -0.05) is 0 Å². The molecule has 0 spiro atoms. The standard InChI is InChI=1S/C11H20N6O/c1-16-3-4-17(2)8(7-16)6-13-11(18)9-5-10(12)15-14-9/h5,8H,3-4,6-7H2,1-2H3,(H,13,18)(H3,12,14,15). The minimum atomic E-state index is -0.166. The molecule has 1 atom stereocenters. The van der Waals surface area contributed by atoms with Crippen LogP contribution >= 0.6 is 0 Å². The quantitative estimate of drug-likeness (QED) is 0.640. The van der Waals surface area contributed by atoms with Gasteiger partial charge in [-0.2, -0.15) is 5.10 Å². The molecule has 0 saturated carbocycles. The fraction of sp³-hybridized carbons (Fsp3) is 0.636. The number of carbonyl (C=O) groups is 1. The number of nitrogen functional groups attached to an aromatic ring is 1. The molecule has 1 aliphatic rings.